The summed E-state index contributed by atoms with van der Waals surface area (Å²) < 4.78 is 22.6. The predicted octanol–water partition coefficient (Wildman–Crippen LogP) is 3.59. The Bertz CT molecular complexity index is 1290. The molecule has 0 bridgehead atoms. The number of hydrogen-bond acceptors (Lipinski definition) is 5. The van der Waals surface area contributed by atoms with Crippen LogP contribution in [0.5, 0.6) is 0 Å². The third-order valence-electron chi connectivity index (χ3n) is 8.55. The molecule has 1 spiro atoms. The summed E-state index contributed by atoms with van der Waals surface area (Å²) in [5.74, 6) is -1.06. The zero-order valence-corrected chi connectivity index (χ0v) is 23.9. The minimum absolute atomic E-state index is 0.0168. The monoisotopic (exact) mass is 553 g/mol. The van der Waals surface area contributed by atoms with Crippen molar-refractivity contribution in [2.45, 2.75) is 56.7 Å². The number of ether oxygens (including phenoxy) is 1. The van der Waals surface area contributed by atoms with E-state index in [1.165, 1.54) is 4.90 Å². The molecule has 0 aliphatic carbocycles. The molecule has 2 saturated heterocycles. The van der Waals surface area contributed by atoms with E-state index in [0.717, 1.165) is 5.56 Å². The first-order valence-electron chi connectivity index (χ1n) is 13.5. The van der Waals surface area contributed by atoms with Gasteiger partial charge in [0.25, 0.3) is 5.91 Å². The van der Waals surface area contributed by atoms with Gasteiger partial charge in [-0.05, 0) is 36.9 Å². The van der Waals surface area contributed by atoms with Crippen LogP contribution in [0.25, 0.3) is 0 Å². The lowest BCUT2D eigenvalue weighted by Crippen LogP contribution is -2.45. The number of likely N-dealkylation sites (N-methyl/N-ethyl adjacent to an activating group) is 1. The van der Waals surface area contributed by atoms with E-state index in [1.807, 2.05) is 55.5 Å². The van der Waals surface area contributed by atoms with Crippen LogP contribution in [0.3, 0.4) is 0 Å². The molecule has 4 atom stereocenters. The summed E-state index contributed by atoms with van der Waals surface area (Å²) in [4.78, 5) is 44.4. The van der Waals surface area contributed by atoms with Gasteiger partial charge in [0.05, 0.1) is 24.8 Å². The number of aliphatic hydroxyl groups is 1. The van der Waals surface area contributed by atoms with E-state index in [-0.39, 0.29) is 37.3 Å². The number of rotatable bonds is 8. The van der Waals surface area contributed by atoms with Gasteiger partial charge >= 0.3 is 0 Å². The fourth-order valence-corrected chi connectivity index (χ4v) is 9.11. The molecule has 1 N–H and O–H groups in total. The van der Waals surface area contributed by atoms with Crippen LogP contribution in [-0.2, 0) is 31.3 Å². The van der Waals surface area contributed by atoms with Gasteiger partial charge < -0.3 is 28.7 Å². The molecule has 5 rings (SSSR count). The van der Waals surface area contributed by atoms with Crippen LogP contribution < -0.4 is 9.80 Å². The Kier molecular flexibility index (Phi) is 7.15. The third-order valence-corrected chi connectivity index (χ3v) is 11.0. The fourth-order valence-electron chi connectivity index (χ4n) is 6.61. The van der Waals surface area contributed by atoms with E-state index in [4.69, 9.17) is 4.74 Å². The van der Waals surface area contributed by atoms with Crippen molar-refractivity contribution in [2.75, 3.05) is 36.5 Å². The number of β-lactam (4-membered cyclic amide) rings is 1. The second-order valence-corrected chi connectivity index (χ2v) is 15.2. The number of halogens is 1. The van der Waals surface area contributed by atoms with Crippen molar-refractivity contribution in [1.82, 2.24) is 4.90 Å². The van der Waals surface area contributed by atoms with E-state index in [9.17, 15) is 19.5 Å². The van der Waals surface area contributed by atoms with Gasteiger partial charge in [0.1, 0.15) is 0 Å². The summed E-state index contributed by atoms with van der Waals surface area (Å²) in [5.41, 5.74) is 0.831. The van der Waals surface area contributed by atoms with Gasteiger partial charge in [0, 0.05) is 55.8 Å². The highest BCUT2D eigenvalue weighted by Gasteiger charge is 2.66. The SMILES string of the molecule is C[C@@H]1[C@@H]([Si](C)(C)F)[C@H](CC(=O)N(CCO)Cc2ccccc2)O[C@@]12C(=O)N(C)c1ccc(N3CCC3=O)cc12. The summed E-state index contributed by atoms with van der Waals surface area (Å²) >= 11 is 0. The summed E-state index contributed by atoms with van der Waals surface area (Å²) in [7, 11) is -1.76. The van der Waals surface area contributed by atoms with Crippen LogP contribution in [0.15, 0.2) is 48.5 Å². The van der Waals surface area contributed by atoms with Crippen molar-refractivity contribution in [1.29, 1.82) is 0 Å². The second kappa shape index (κ2) is 10.1. The van der Waals surface area contributed by atoms with Crippen LogP contribution in [0.4, 0.5) is 15.5 Å². The Hall–Kier alpha value is -3.08. The number of nitrogens with zero attached hydrogens (tertiary/aromatic N) is 3. The molecule has 3 heterocycles. The summed E-state index contributed by atoms with van der Waals surface area (Å²) in [6.07, 6.45) is -0.427. The van der Waals surface area contributed by atoms with Gasteiger partial charge in [-0.3, -0.25) is 14.4 Å². The van der Waals surface area contributed by atoms with Crippen molar-refractivity contribution in [3.63, 3.8) is 0 Å². The first-order chi connectivity index (χ1) is 18.5. The topological polar surface area (TPSA) is 90.4 Å². The van der Waals surface area contributed by atoms with Crippen LogP contribution >= 0.6 is 0 Å². The van der Waals surface area contributed by atoms with E-state index in [1.54, 1.807) is 29.9 Å². The normalized spacial score (nSPS) is 26.3. The van der Waals surface area contributed by atoms with Gasteiger partial charge in [0.2, 0.25) is 20.2 Å². The van der Waals surface area contributed by atoms with Crippen LogP contribution in [0.2, 0.25) is 18.6 Å². The van der Waals surface area contributed by atoms with E-state index >= 15 is 4.11 Å². The molecular formula is C29H36FN3O5Si. The number of amides is 3. The molecule has 2 aromatic carbocycles. The Labute approximate surface area is 229 Å². The number of carbonyl (C=O) groups is 3. The molecule has 0 unspecified atom stereocenters. The van der Waals surface area contributed by atoms with Gasteiger partial charge in [0.15, 0.2) is 5.60 Å². The largest absolute Gasteiger partial charge is 0.395 e. The molecule has 0 aromatic heterocycles. The summed E-state index contributed by atoms with van der Waals surface area (Å²) in [5, 5.41) is 9.65. The van der Waals surface area contributed by atoms with Gasteiger partial charge in [-0.1, -0.05) is 37.3 Å². The molecule has 10 heteroatoms. The molecule has 0 radical (unpaired) electrons. The highest BCUT2D eigenvalue weighted by Crippen LogP contribution is 2.60. The first-order valence-corrected chi connectivity index (χ1v) is 16.5. The Morgan fingerprint density at radius 3 is 2.51 bits per heavy atom. The zero-order valence-electron chi connectivity index (χ0n) is 22.9. The molecule has 3 aliphatic heterocycles. The molecule has 2 aromatic rings. The van der Waals surface area contributed by atoms with Crippen molar-refractivity contribution in [2.24, 2.45) is 5.92 Å². The first kappa shape index (κ1) is 27.5. The van der Waals surface area contributed by atoms with Crippen molar-refractivity contribution in [3.05, 3.63) is 59.7 Å². The number of benzene rings is 2. The quantitative estimate of drug-likeness (QED) is 0.307. The number of anilines is 2. The highest BCUT2D eigenvalue weighted by atomic mass is 28.4. The number of fused-ring (bicyclic) bond motifs is 2. The second-order valence-electron chi connectivity index (χ2n) is 11.4. The average molecular weight is 554 g/mol. The molecule has 8 nitrogen and oxygen atoms in total. The van der Waals surface area contributed by atoms with E-state index < -0.39 is 31.6 Å². The highest BCUT2D eigenvalue weighted by molar-refractivity contribution is 6.72. The molecule has 208 valence electrons. The van der Waals surface area contributed by atoms with Crippen LogP contribution in [0, 0.1) is 5.92 Å². The molecule has 39 heavy (non-hydrogen) atoms. The predicted molar refractivity (Wildman–Crippen MR) is 148 cm³/mol. The fraction of sp³-hybridized carbons (Fsp3) is 0.483. The number of carbonyl (C=O) groups excluding carboxylic acids is 3. The van der Waals surface area contributed by atoms with Crippen molar-refractivity contribution in [3.8, 4) is 0 Å². The molecule has 0 saturated carbocycles. The maximum Gasteiger partial charge on any atom is 0.264 e. The minimum Gasteiger partial charge on any atom is -0.395 e. The third kappa shape index (κ3) is 4.58. The average Bonchev–Trinajstić information content (AvgIpc) is 3.29. The van der Waals surface area contributed by atoms with Crippen LogP contribution in [0.1, 0.15) is 30.9 Å². The lowest BCUT2D eigenvalue weighted by Gasteiger charge is -2.33. The van der Waals surface area contributed by atoms with Gasteiger partial charge in [-0.25, -0.2) is 0 Å². The maximum absolute atomic E-state index is 16.0. The maximum atomic E-state index is 16.0. The Balaban J connectivity index is 1.49. The van der Waals surface area contributed by atoms with Gasteiger partial charge in [-0.2, -0.15) is 0 Å². The van der Waals surface area contributed by atoms with Crippen LogP contribution in [-0.4, -0.2) is 69.0 Å². The van der Waals surface area contributed by atoms with E-state index in [2.05, 4.69) is 0 Å². The molecule has 3 amide bonds. The zero-order chi connectivity index (χ0) is 28.1. The smallest absolute Gasteiger partial charge is 0.264 e. The summed E-state index contributed by atoms with van der Waals surface area (Å²) in [6.45, 7) is 5.90. The minimum atomic E-state index is -3.43. The van der Waals surface area contributed by atoms with E-state index in [0.29, 0.717) is 36.4 Å². The van der Waals surface area contributed by atoms with Crippen molar-refractivity contribution < 1.29 is 28.3 Å². The Morgan fingerprint density at radius 1 is 1.21 bits per heavy atom. The lowest BCUT2D eigenvalue weighted by atomic mass is 9.82. The van der Waals surface area contributed by atoms with Crippen molar-refractivity contribution >= 4 is 37.5 Å². The Morgan fingerprint density at radius 2 is 1.92 bits per heavy atom. The summed E-state index contributed by atoms with van der Waals surface area (Å²) in [6, 6.07) is 14.9. The molecule has 3 aliphatic rings. The number of hydrogen-bond donors (Lipinski definition) is 1. The number of aliphatic hydroxyl groups excluding tert-OH is 1. The molecular weight excluding hydrogens is 517 g/mol. The molecule has 2 fully saturated rings. The standard InChI is InChI=1S/C29H36FN3O5Si/c1-19-27(39(3,4)30)24(17-26(36)32(14-15-34)18-20-8-6-5-7-9-20)38-29(19)22-16-21(33-13-12-25(33)35)10-11-23(22)31(2)28(29)37/h5-11,16,19,24,27,34H,12-15,17-18H2,1-4H3/t19-,24+,27-,29+/m1/s1. The van der Waals surface area contributed by atoms with Gasteiger partial charge in [-0.15, -0.1) is 0 Å². The lowest BCUT2D eigenvalue weighted by molar-refractivity contribution is -0.149.